The molecule has 2 unspecified atom stereocenters. The summed E-state index contributed by atoms with van der Waals surface area (Å²) in [4.78, 5) is 4.52. The molecule has 1 fully saturated rings. The zero-order valence-electron chi connectivity index (χ0n) is 10.8. The molecule has 0 amide bonds. The molecule has 102 valence electrons. The zero-order valence-corrected chi connectivity index (χ0v) is 12.4. The molecule has 0 aromatic carbocycles. The number of aromatic nitrogens is 2. The van der Waals surface area contributed by atoms with Crippen molar-refractivity contribution in [2.24, 2.45) is 11.7 Å². The van der Waals surface area contributed by atoms with Gasteiger partial charge in [-0.2, -0.15) is 16.7 Å². The van der Waals surface area contributed by atoms with E-state index >= 15 is 0 Å². The Kier molecular flexibility index (Phi) is 5.85. The summed E-state index contributed by atoms with van der Waals surface area (Å²) in [5.41, 5.74) is 5.54. The van der Waals surface area contributed by atoms with Crippen LogP contribution in [0.4, 0.5) is 0 Å². The van der Waals surface area contributed by atoms with E-state index in [1.54, 1.807) is 0 Å². The maximum Gasteiger partial charge on any atom is 0.226 e. The third kappa shape index (κ3) is 4.17. The lowest BCUT2D eigenvalue weighted by Gasteiger charge is -2.16. The summed E-state index contributed by atoms with van der Waals surface area (Å²) >= 11 is 3.92. The summed E-state index contributed by atoms with van der Waals surface area (Å²) in [7, 11) is 0. The molecule has 2 N–H and O–H groups in total. The smallest absolute Gasteiger partial charge is 0.226 e. The number of nitrogens with two attached hydrogens (primary N) is 1. The quantitative estimate of drug-likeness (QED) is 0.867. The van der Waals surface area contributed by atoms with Crippen molar-refractivity contribution in [2.75, 3.05) is 23.8 Å². The lowest BCUT2D eigenvalue weighted by molar-refractivity contribution is 0.358. The van der Waals surface area contributed by atoms with E-state index in [0.717, 1.165) is 43.3 Å². The summed E-state index contributed by atoms with van der Waals surface area (Å²) in [5, 5.41) is 4.54. The fourth-order valence-electron chi connectivity index (χ4n) is 1.94. The second-order valence-electron chi connectivity index (χ2n) is 4.70. The normalized spacial score (nSPS) is 22.0. The van der Waals surface area contributed by atoms with Crippen LogP contribution in [-0.4, -0.2) is 33.9 Å². The van der Waals surface area contributed by atoms with Crippen LogP contribution >= 0.6 is 23.5 Å². The lowest BCUT2D eigenvalue weighted by atomic mass is 10.0. The van der Waals surface area contributed by atoms with Gasteiger partial charge in [-0.05, 0) is 25.3 Å². The van der Waals surface area contributed by atoms with E-state index in [-0.39, 0.29) is 0 Å². The van der Waals surface area contributed by atoms with Crippen LogP contribution in [0.15, 0.2) is 4.52 Å². The summed E-state index contributed by atoms with van der Waals surface area (Å²) in [5.74, 6) is 5.83. The topological polar surface area (TPSA) is 64.9 Å². The molecule has 0 spiro atoms. The van der Waals surface area contributed by atoms with Crippen LogP contribution in [0.5, 0.6) is 0 Å². The standard InChI is InChI=1S/C12H21N3OS2/c1-9(4-5-13)2-3-11-14-12(15-16-11)10-8-17-6-7-18-10/h9-10H,2-8,13H2,1H3. The lowest BCUT2D eigenvalue weighted by Crippen LogP contribution is -2.08. The van der Waals surface area contributed by atoms with Gasteiger partial charge in [0.15, 0.2) is 5.82 Å². The average Bonchev–Trinajstić information content (AvgIpc) is 2.87. The Hall–Kier alpha value is -0.200. The van der Waals surface area contributed by atoms with Crippen molar-refractivity contribution in [1.82, 2.24) is 10.1 Å². The largest absolute Gasteiger partial charge is 0.339 e. The summed E-state index contributed by atoms with van der Waals surface area (Å²) in [6.45, 7) is 2.98. The van der Waals surface area contributed by atoms with Crippen molar-refractivity contribution >= 4 is 23.5 Å². The predicted octanol–water partition coefficient (Wildman–Crippen LogP) is 2.51. The van der Waals surface area contributed by atoms with Crippen LogP contribution in [0.3, 0.4) is 0 Å². The monoisotopic (exact) mass is 287 g/mol. The molecule has 1 aromatic heterocycles. The van der Waals surface area contributed by atoms with E-state index in [2.05, 4.69) is 17.1 Å². The van der Waals surface area contributed by atoms with E-state index in [1.165, 1.54) is 11.5 Å². The first-order valence-electron chi connectivity index (χ1n) is 6.51. The molecule has 18 heavy (non-hydrogen) atoms. The highest BCUT2D eigenvalue weighted by atomic mass is 32.2. The van der Waals surface area contributed by atoms with Gasteiger partial charge in [-0.1, -0.05) is 12.1 Å². The van der Waals surface area contributed by atoms with Crippen molar-refractivity contribution in [3.63, 3.8) is 0 Å². The van der Waals surface area contributed by atoms with Crippen LogP contribution in [0.2, 0.25) is 0 Å². The fraction of sp³-hybridized carbons (Fsp3) is 0.833. The first-order chi connectivity index (χ1) is 8.79. The number of hydrogen-bond donors (Lipinski definition) is 1. The molecule has 1 aliphatic rings. The van der Waals surface area contributed by atoms with E-state index < -0.39 is 0 Å². The van der Waals surface area contributed by atoms with Gasteiger partial charge in [0.25, 0.3) is 0 Å². The Morgan fingerprint density at radius 3 is 3.06 bits per heavy atom. The number of nitrogens with zero attached hydrogens (tertiary/aromatic N) is 2. The highest BCUT2D eigenvalue weighted by molar-refractivity contribution is 8.06. The van der Waals surface area contributed by atoms with Gasteiger partial charge in [0.05, 0.1) is 5.25 Å². The van der Waals surface area contributed by atoms with Crippen LogP contribution in [0.25, 0.3) is 0 Å². The van der Waals surface area contributed by atoms with Crippen LogP contribution < -0.4 is 5.73 Å². The molecule has 6 heteroatoms. The summed E-state index contributed by atoms with van der Waals surface area (Å²) < 4.78 is 5.33. The average molecular weight is 287 g/mol. The minimum Gasteiger partial charge on any atom is -0.339 e. The van der Waals surface area contributed by atoms with E-state index in [9.17, 15) is 0 Å². The van der Waals surface area contributed by atoms with E-state index in [4.69, 9.17) is 10.3 Å². The highest BCUT2D eigenvalue weighted by Gasteiger charge is 2.21. The molecule has 2 heterocycles. The Balaban J connectivity index is 1.82. The predicted molar refractivity (Wildman–Crippen MR) is 78.0 cm³/mol. The zero-order chi connectivity index (χ0) is 12.8. The van der Waals surface area contributed by atoms with E-state index in [0.29, 0.717) is 11.2 Å². The molecule has 1 aliphatic heterocycles. The molecular weight excluding hydrogens is 266 g/mol. The van der Waals surface area contributed by atoms with Gasteiger partial charge < -0.3 is 10.3 Å². The maximum absolute atomic E-state index is 5.54. The highest BCUT2D eigenvalue weighted by Crippen LogP contribution is 2.35. The minimum atomic E-state index is 0.419. The molecule has 0 aliphatic carbocycles. The Morgan fingerprint density at radius 1 is 1.44 bits per heavy atom. The second kappa shape index (κ2) is 7.40. The molecule has 1 saturated heterocycles. The molecule has 4 nitrogen and oxygen atoms in total. The summed E-state index contributed by atoms with van der Waals surface area (Å²) in [6.07, 6.45) is 3.01. The van der Waals surface area contributed by atoms with Crippen LogP contribution in [0, 0.1) is 5.92 Å². The fourth-order valence-corrected chi connectivity index (χ4v) is 4.52. The Labute approximate surface area is 117 Å². The van der Waals surface area contributed by atoms with Gasteiger partial charge in [-0.3, -0.25) is 0 Å². The SMILES string of the molecule is CC(CCN)CCc1nc(C2CSCCS2)no1. The molecule has 1 aromatic rings. The van der Waals surface area contributed by atoms with Crippen molar-refractivity contribution in [1.29, 1.82) is 0 Å². The molecule has 0 bridgehead atoms. The molecule has 0 saturated carbocycles. The minimum absolute atomic E-state index is 0.419. The van der Waals surface area contributed by atoms with Gasteiger partial charge in [-0.25, -0.2) is 0 Å². The van der Waals surface area contributed by atoms with Crippen molar-refractivity contribution in [3.05, 3.63) is 11.7 Å². The molecule has 2 atom stereocenters. The van der Waals surface area contributed by atoms with E-state index in [1.807, 2.05) is 23.5 Å². The number of aryl methyl sites for hydroxylation is 1. The number of thioether (sulfide) groups is 2. The van der Waals surface area contributed by atoms with Crippen LogP contribution in [0.1, 0.15) is 36.7 Å². The van der Waals surface area contributed by atoms with Crippen molar-refractivity contribution in [2.45, 2.75) is 31.4 Å². The maximum atomic E-state index is 5.54. The Bertz CT molecular complexity index is 353. The van der Waals surface area contributed by atoms with Crippen molar-refractivity contribution < 1.29 is 4.52 Å². The van der Waals surface area contributed by atoms with Crippen molar-refractivity contribution in [3.8, 4) is 0 Å². The first kappa shape index (κ1) is 14.2. The number of rotatable bonds is 6. The first-order valence-corrected chi connectivity index (χ1v) is 8.72. The van der Waals surface area contributed by atoms with Gasteiger partial charge in [-0.15, -0.1) is 11.8 Å². The Morgan fingerprint density at radius 2 is 2.33 bits per heavy atom. The third-order valence-electron chi connectivity index (χ3n) is 3.10. The van der Waals surface area contributed by atoms with Gasteiger partial charge in [0.1, 0.15) is 0 Å². The van der Waals surface area contributed by atoms with Gasteiger partial charge in [0.2, 0.25) is 5.89 Å². The number of hydrogen-bond acceptors (Lipinski definition) is 6. The molecule has 0 radical (unpaired) electrons. The second-order valence-corrected chi connectivity index (χ2v) is 7.16. The molecule has 2 rings (SSSR count). The van der Waals surface area contributed by atoms with Gasteiger partial charge in [0, 0.05) is 23.7 Å². The third-order valence-corrected chi connectivity index (χ3v) is 5.85. The summed E-state index contributed by atoms with van der Waals surface area (Å²) in [6, 6.07) is 0. The molecular formula is C12H21N3OS2. The van der Waals surface area contributed by atoms with Crippen LogP contribution in [-0.2, 0) is 6.42 Å². The van der Waals surface area contributed by atoms with Gasteiger partial charge >= 0.3 is 0 Å².